The van der Waals surface area contributed by atoms with Gasteiger partial charge in [-0.15, -0.1) is 0 Å². The minimum absolute atomic E-state index is 0.158. The zero-order chi connectivity index (χ0) is 21.2. The smallest absolute Gasteiger partial charge is 0.287 e. The zero-order valence-corrected chi connectivity index (χ0v) is 16.4. The molecule has 0 aliphatic heterocycles. The molecule has 0 saturated carbocycles. The summed E-state index contributed by atoms with van der Waals surface area (Å²) >= 11 is 0. The summed E-state index contributed by atoms with van der Waals surface area (Å²) in [6.45, 7) is 2.12. The number of aromatic amines is 1. The first-order valence-corrected chi connectivity index (χ1v) is 9.37. The van der Waals surface area contributed by atoms with E-state index < -0.39 is 0 Å². The molecule has 1 heterocycles. The Hall–Kier alpha value is -4.07. The van der Waals surface area contributed by atoms with Crippen LogP contribution in [0, 0.1) is 0 Å². The maximum Gasteiger partial charge on any atom is 0.287 e. The minimum atomic E-state index is -0.342. The summed E-state index contributed by atoms with van der Waals surface area (Å²) in [6.07, 6.45) is 3.15. The summed E-state index contributed by atoms with van der Waals surface area (Å²) in [4.78, 5) is 26.7. The molecule has 0 bridgehead atoms. The molecule has 0 radical (unpaired) electrons. The maximum absolute atomic E-state index is 12.1. The molecule has 2 aromatic carbocycles. The number of benzene rings is 2. The third-order valence-electron chi connectivity index (χ3n) is 3.91. The van der Waals surface area contributed by atoms with Gasteiger partial charge < -0.3 is 19.8 Å². The highest BCUT2D eigenvalue weighted by Gasteiger charge is 2.09. The van der Waals surface area contributed by atoms with E-state index in [2.05, 4.69) is 20.8 Å². The van der Waals surface area contributed by atoms with Gasteiger partial charge in [-0.05, 0) is 55.0 Å². The Morgan fingerprint density at radius 2 is 1.87 bits per heavy atom. The van der Waals surface area contributed by atoms with Crippen molar-refractivity contribution >= 4 is 23.7 Å². The van der Waals surface area contributed by atoms with Crippen molar-refractivity contribution in [3.63, 3.8) is 0 Å². The fourth-order valence-electron chi connectivity index (χ4n) is 2.55. The molecule has 0 unspecified atom stereocenters. The van der Waals surface area contributed by atoms with E-state index in [9.17, 15) is 9.59 Å². The highest BCUT2D eigenvalue weighted by atomic mass is 16.5. The lowest BCUT2D eigenvalue weighted by Gasteiger charge is -2.12. The van der Waals surface area contributed by atoms with Crippen LogP contribution >= 0.6 is 0 Å². The van der Waals surface area contributed by atoms with Crippen LogP contribution in [0.5, 0.6) is 11.5 Å². The number of carbonyl (C=O) groups excluding carboxylic acids is 2. The van der Waals surface area contributed by atoms with Crippen LogP contribution in [-0.2, 0) is 4.79 Å². The largest absolute Gasteiger partial charge is 0.490 e. The second-order valence-electron chi connectivity index (χ2n) is 6.12. The summed E-state index contributed by atoms with van der Waals surface area (Å²) in [5, 5.41) is 6.70. The Morgan fingerprint density at radius 3 is 2.60 bits per heavy atom. The fraction of sp³-hybridized carbons (Fsp3) is 0.136. The number of aromatic nitrogens is 1. The lowest BCUT2D eigenvalue weighted by molar-refractivity contribution is -0.118. The third kappa shape index (κ3) is 5.96. The van der Waals surface area contributed by atoms with E-state index in [1.165, 1.54) is 6.21 Å². The Kier molecular flexibility index (Phi) is 7.21. The molecule has 3 rings (SSSR count). The van der Waals surface area contributed by atoms with Crippen LogP contribution in [0.1, 0.15) is 23.0 Å². The predicted octanol–water partition coefficient (Wildman–Crippen LogP) is 3.19. The number of carbonyl (C=O) groups is 2. The molecule has 0 fully saturated rings. The van der Waals surface area contributed by atoms with Gasteiger partial charge in [0.1, 0.15) is 5.69 Å². The van der Waals surface area contributed by atoms with Gasteiger partial charge in [-0.2, -0.15) is 5.10 Å². The number of anilines is 1. The van der Waals surface area contributed by atoms with Gasteiger partial charge in [0.15, 0.2) is 18.1 Å². The van der Waals surface area contributed by atoms with E-state index in [1.807, 2.05) is 25.1 Å². The van der Waals surface area contributed by atoms with Crippen molar-refractivity contribution in [1.82, 2.24) is 10.4 Å². The van der Waals surface area contributed by atoms with Crippen molar-refractivity contribution in [1.29, 1.82) is 0 Å². The van der Waals surface area contributed by atoms with Crippen LogP contribution in [0.15, 0.2) is 72.0 Å². The van der Waals surface area contributed by atoms with Crippen molar-refractivity contribution in [2.24, 2.45) is 5.10 Å². The lowest BCUT2D eigenvalue weighted by Crippen LogP contribution is -2.20. The summed E-state index contributed by atoms with van der Waals surface area (Å²) < 4.78 is 11.2. The number of para-hydroxylation sites is 1. The molecular weight excluding hydrogens is 384 g/mol. The molecule has 3 N–H and O–H groups in total. The van der Waals surface area contributed by atoms with Gasteiger partial charge in [0.05, 0.1) is 12.8 Å². The molecule has 3 aromatic rings. The normalized spacial score (nSPS) is 10.6. The average Bonchev–Trinajstić information content (AvgIpc) is 3.29. The summed E-state index contributed by atoms with van der Waals surface area (Å²) in [5.41, 5.74) is 4.25. The van der Waals surface area contributed by atoms with Crippen molar-refractivity contribution in [2.45, 2.75) is 6.92 Å². The van der Waals surface area contributed by atoms with Gasteiger partial charge in [0.2, 0.25) is 0 Å². The van der Waals surface area contributed by atoms with Crippen LogP contribution < -0.4 is 20.2 Å². The number of hydrazone groups is 1. The van der Waals surface area contributed by atoms with E-state index in [-0.39, 0.29) is 18.4 Å². The molecule has 8 heteroatoms. The quantitative estimate of drug-likeness (QED) is 0.375. The van der Waals surface area contributed by atoms with Crippen molar-refractivity contribution in [3.05, 3.63) is 78.1 Å². The number of H-pyrrole nitrogens is 1. The van der Waals surface area contributed by atoms with Crippen LogP contribution in [0.25, 0.3) is 0 Å². The Bertz CT molecular complexity index is 1000. The monoisotopic (exact) mass is 406 g/mol. The molecule has 8 nitrogen and oxygen atoms in total. The van der Waals surface area contributed by atoms with Crippen molar-refractivity contribution in [3.8, 4) is 11.5 Å². The molecule has 0 atom stereocenters. The molecule has 0 aliphatic rings. The second kappa shape index (κ2) is 10.5. The predicted molar refractivity (Wildman–Crippen MR) is 114 cm³/mol. The summed E-state index contributed by atoms with van der Waals surface area (Å²) in [6, 6.07) is 17.7. The first kappa shape index (κ1) is 20.7. The Morgan fingerprint density at radius 1 is 1.03 bits per heavy atom. The van der Waals surface area contributed by atoms with Crippen LogP contribution in [0.2, 0.25) is 0 Å². The van der Waals surface area contributed by atoms with Crippen LogP contribution in [0.3, 0.4) is 0 Å². The number of nitrogens with one attached hydrogen (secondary N) is 3. The third-order valence-corrected chi connectivity index (χ3v) is 3.91. The molecule has 2 amide bonds. The van der Waals surface area contributed by atoms with Crippen molar-refractivity contribution < 1.29 is 19.1 Å². The van der Waals surface area contributed by atoms with E-state index in [0.717, 1.165) is 0 Å². The highest BCUT2D eigenvalue weighted by molar-refractivity contribution is 5.93. The van der Waals surface area contributed by atoms with Crippen LogP contribution in [0.4, 0.5) is 5.69 Å². The number of rotatable bonds is 9. The lowest BCUT2D eigenvalue weighted by atomic mass is 10.2. The SMILES string of the molecule is CCOc1cc(/C=N\NC(=O)c2ccc[nH]2)ccc1OCC(=O)Nc1ccccc1. The first-order valence-electron chi connectivity index (χ1n) is 9.37. The number of hydrogen-bond donors (Lipinski definition) is 3. The fourth-order valence-corrected chi connectivity index (χ4v) is 2.55. The maximum atomic E-state index is 12.1. The van der Waals surface area contributed by atoms with Gasteiger partial charge in [0, 0.05) is 11.9 Å². The van der Waals surface area contributed by atoms with E-state index >= 15 is 0 Å². The van der Waals surface area contributed by atoms with Gasteiger partial charge in [-0.1, -0.05) is 18.2 Å². The number of nitrogens with zero attached hydrogens (tertiary/aromatic N) is 1. The first-order chi connectivity index (χ1) is 14.7. The molecule has 0 spiro atoms. The molecule has 0 aliphatic carbocycles. The van der Waals surface area contributed by atoms with Gasteiger partial charge in [-0.25, -0.2) is 5.43 Å². The van der Waals surface area contributed by atoms with Crippen molar-refractivity contribution in [2.75, 3.05) is 18.5 Å². The number of hydrogen-bond acceptors (Lipinski definition) is 5. The standard InChI is InChI=1S/C22H22N4O4/c1-2-29-20-13-16(14-24-26-22(28)18-9-6-12-23-18)10-11-19(20)30-15-21(27)25-17-7-4-3-5-8-17/h3-14,23H,2,15H2,1H3,(H,25,27)(H,26,28)/b24-14-. The Labute approximate surface area is 173 Å². The van der Waals surface area contributed by atoms with E-state index in [0.29, 0.717) is 35.1 Å². The molecule has 30 heavy (non-hydrogen) atoms. The summed E-state index contributed by atoms with van der Waals surface area (Å²) in [7, 11) is 0. The van der Waals surface area contributed by atoms with Gasteiger partial charge in [0.25, 0.3) is 11.8 Å². The van der Waals surface area contributed by atoms with E-state index in [4.69, 9.17) is 9.47 Å². The minimum Gasteiger partial charge on any atom is -0.490 e. The number of ether oxygens (including phenoxy) is 2. The van der Waals surface area contributed by atoms with Gasteiger partial charge in [-0.3, -0.25) is 9.59 Å². The Balaban J connectivity index is 1.59. The highest BCUT2D eigenvalue weighted by Crippen LogP contribution is 2.28. The molecule has 154 valence electrons. The topological polar surface area (TPSA) is 105 Å². The van der Waals surface area contributed by atoms with Gasteiger partial charge >= 0.3 is 0 Å². The van der Waals surface area contributed by atoms with Crippen LogP contribution in [-0.4, -0.2) is 36.2 Å². The zero-order valence-electron chi connectivity index (χ0n) is 16.4. The second-order valence-corrected chi connectivity index (χ2v) is 6.12. The number of amides is 2. The average molecular weight is 406 g/mol. The molecular formula is C22H22N4O4. The summed E-state index contributed by atoms with van der Waals surface area (Å²) in [5.74, 6) is 0.296. The molecule has 1 aromatic heterocycles. The van der Waals surface area contributed by atoms with E-state index in [1.54, 1.807) is 48.7 Å². The molecule has 0 saturated heterocycles.